The number of hydrogen-bond donors (Lipinski definition) is 25. The Hall–Kier alpha value is -6.88. The van der Waals surface area contributed by atoms with Crippen molar-refractivity contribution in [3.8, 4) is 0 Å². The van der Waals surface area contributed by atoms with Crippen LogP contribution in [0.1, 0.15) is 231 Å². The van der Waals surface area contributed by atoms with Gasteiger partial charge in [-0.25, -0.2) is 4.79 Å². The fourth-order valence-electron chi connectivity index (χ4n) is 12.0. The quantitative estimate of drug-likeness (QED) is 0.0254. The molecule has 0 saturated heterocycles. The van der Waals surface area contributed by atoms with Crippen molar-refractivity contribution in [2.24, 2.45) is 74.5 Å². The van der Waals surface area contributed by atoms with Gasteiger partial charge >= 0.3 is 5.97 Å². The minimum Gasteiger partial charge on any atom is -0.480 e. The van der Waals surface area contributed by atoms with Crippen molar-refractivity contribution in [2.75, 3.05) is 78.5 Å². The Labute approximate surface area is 646 Å². The molecule has 109 heavy (non-hydrogen) atoms. The molecule has 0 aliphatic carbocycles. The van der Waals surface area contributed by atoms with Crippen molar-refractivity contribution >= 4 is 70.9 Å². The molecule has 0 heterocycles. The minimum atomic E-state index is -1.33. The first-order chi connectivity index (χ1) is 52.4. The standard InChI is InChI=1S/C72H146N24O13/c73-37-13-1-25-49(85)61(97)86-50(26-2-14-38-74)62(98)87-51(27-3-15-39-75)63(99)88-52(28-4-16-40-76)64(100)89-53(29-5-17-41-77)65(101)90-54(30-6-18-42-78)66(102)91-55(31-7-19-43-79)67(103)92-56(32-8-20-44-80)68(104)93-57(33-9-21-45-81)69(105)94-58(34-10-22-46-82)70(106)95-59(35-11-23-47-83)71(107)96-60(72(108)109)36-12-24-48-84/h49-60H,1-48,73-85H2,(H,86,97)(H,87,98)(H,88,99)(H,89,100)(H,90,101)(H,91,102)(H,92,103)(H,93,104)(H,94,105)(H,95,106)(H,96,107)(H,108,109)/t49-,50-,51-,52-,53-,54-,55-,56-,57-,58-,59-,60-/m0/s1. The summed E-state index contributed by atoms with van der Waals surface area (Å²) in [4.78, 5) is 171. The molecule has 0 aromatic carbocycles. The molecule has 38 N–H and O–H groups in total. The summed E-state index contributed by atoms with van der Waals surface area (Å²) in [6.07, 6.45) is 11.5. The van der Waals surface area contributed by atoms with E-state index in [2.05, 4.69) is 58.5 Å². The minimum absolute atomic E-state index is 0.0147. The molecule has 632 valence electrons. The van der Waals surface area contributed by atoms with Crippen LogP contribution < -0.4 is 133 Å². The highest BCUT2D eigenvalue weighted by atomic mass is 16.4. The number of nitrogens with one attached hydrogen (secondary N) is 11. The van der Waals surface area contributed by atoms with Crippen molar-refractivity contribution in [2.45, 2.75) is 304 Å². The van der Waals surface area contributed by atoms with Gasteiger partial charge in [0.1, 0.15) is 66.5 Å². The molecule has 0 rings (SSSR count). The normalized spacial score (nSPS) is 14.6. The van der Waals surface area contributed by atoms with E-state index in [0.717, 1.165) is 0 Å². The van der Waals surface area contributed by atoms with Crippen LogP contribution in [0, 0.1) is 0 Å². The number of carboxylic acid groups (broad SMARTS) is 1. The number of amides is 11. The van der Waals surface area contributed by atoms with E-state index in [9.17, 15) is 62.6 Å². The Bertz CT molecular complexity index is 2550. The molecule has 0 fully saturated rings. The number of aliphatic carboxylic acids is 1. The fourth-order valence-corrected chi connectivity index (χ4v) is 12.0. The van der Waals surface area contributed by atoms with E-state index in [1.807, 2.05) is 0 Å². The van der Waals surface area contributed by atoms with Gasteiger partial charge in [0.25, 0.3) is 0 Å². The predicted octanol–water partition coefficient (Wildman–Crippen LogP) is -4.72. The molecule has 0 aliphatic rings. The Morgan fingerprint density at radius 2 is 0.284 bits per heavy atom. The number of carbonyl (C=O) groups is 12. The highest BCUT2D eigenvalue weighted by Gasteiger charge is 2.37. The summed E-state index contributed by atoms with van der Waals surface area (Å²) in [5, 5.41) is 40.3. The highest BCUT2D eigenvalue weighted by Crippen LogP contribution is 2.16. The van der Waals surface area contributed by atoms with E-state index in [0.29, 0.717) is 180 Å². The first-order valence-electron chi connectivity index (χ1n) is 40.2. The second-order valence-corrected chi connectivity index (χ2v) is 28.0. The molecule has 0 aromatic heterocycles. The SMILES string of the molecule is NCCCC[C@H](NC(=O)[C@H](CCCCN)NC(=O)[C@H](CCCCN)NC(=O)[C@H](CCCCN)NC(=O)[C@H](CCCCN)NC(=O)[C@H](CCCCN)NC(=O)[C@H](CCCCN)NC(=O)[C@H](CCCCN)NC(=O)[C@H](CCCCN)NC(=O)[C@H](CCCCN)NC(=O)[C@H](CCCCN)NC(=O)[C@@H](N)CCCCN)C(=O)O. The monoisotopic (exact) mass is 1560 g/mol. The molecule has 0 spiro atoms. The number of carbonyl (C=O) groups excluding carboxylic acids is 11. The summed E-state index contributed by atoms with van der Waals surface area (Å²) in [5.41, 5.74) is 76.1. The average molecular weight is 1560 g/mol. The summed E-state index contributed by atoms with van der Waals surface area (Å²) in [6.45, 7) is 3.34. The van der Waals surface area contributed by atoms with Crippen LogP contribution >= 0.6 is 0 Å². The molecule has 37 nitrogen and oxygen atoms in total. The number of hydrogen-bond acceptors (Lipinski definition) is 25. The van der Waals surface area contributed by atoms with E-state index in [1.165, 1.54) is 0 Å². The van der Waals surface area contributed by atoms with Crippen LogP contribution in [0.3, 0.4) is 0 Å². The molecule has 0 aliphatic heterocycles. The third kappa shape index (κ3) is 47.2. The van der Waals surface area contributed by atoms with Gasteiger partial charge in [-0.3, -0.25) is 52.7 Å². The van der Waals surface area contributed by atoms with E-state index >= 15 is 0 Å². The van der Waals surface area contributed by atoms with Gasteiger partial charge in [-0.15, -0.1) is 0 Å². The average Bonchev–Trinajstić information content (AvgIpc) is 0.863. The van der Waals surface area contributed by atoms with Gasteiger partial charge in [-0.2, -0.15) is 0 Å². The van der Waals surface area contributed by atoms with Gasteiger partial charge in [0, 0.05) is 0 Å². The lowest BCUT2D eigenvalue weighted by atomic mass is 10.0. The second-order valence-electron chi connectivity index (χ2n) is 28.0. The van der Waals surface area contributed by atoms with Crippen molar-refractivity contribution in [3.63, 3.8) is 0 Å². The number of rotatable bonds is 71. The molecule has 11 amide bonds. The lowest BCUT2D eigenvalue weighted by Gasteiger charge is -2.29. The number of carboxylic acids is 1. The number of nitrogens with two attached hydrogens (primary N) is 13. The van der Waals surface area contributed by atoms with Gasteiger partial charge in [0.05, 0.1) is 6.04 Å². The summed E-state index contributed by atoms with van der Waals surface area (Å²) >= 11 is 0. The molecule has 37 heteroatoms. The van der Waals surface area contributed by atoms with E-state index in [1.54, 1.807) is 0 Å². The molecule has 0 unspecified atom stereocenters. The Morgan fingerprint density at radius 3 is 0.413 bits per heavy atom. The first-order valence-corrected chi connectivity index (χ1v) is 40.2. The van der Waals surface area contributed by atoms with E-state index < -0.39 is 143 Å². The molecule has 12 atom stereocenters. The zero-order valence-electron chi connectivity index (χ0n) is 65.2. The molecule has 0 radical (unpaired) electrons. The van der Waals surface area contributed by atoms with E-state index in [4.69, 9.17) is 74.5 Å². The fraction of sp³-hybridized carbons (Fsp3) is 0.833. The summed E-state index contributed by atoms with van der Waals surface area (Å²) in [7, 11) is 0. The van der Waals surface area contributed by atoms with Crippen LogP contribution in [0.25, 0.3) is 0 Å². The molecule has 0 aromatic rings. The first kappa shape index (κ1) is 102. The Morgan fingerprint density at radius 1 is 0.174 bits per heavy atom. The van der Waals surface area contributed by atoms with Gasteiger partial charge in [0.15, 0.2) is 0 Å². The smallest absolute Gasteiger partial charge is 0.326 e. The van der Waals surface area contributed by atoms with Crippen LogP contribution in [0.5, 0.6) is 0 Å². The molecule has 0 saturated carbocycles. The molecule has 0 bridgehead atoms. The van der Waals surface area contributed by atoms with Crippen LogP contribution in [0.4, 0.5) is 0 Å². The van der Waals surface area contributed by atoms with Crippen LogP contribution in [0.15, 0.2) is 0 Å². The van der Waals surface area contributed by atoms with Crippen molar-refractivity contribution in [1.29, 1.82) is 0 Å². The topological polar surface area (TPSA) is 696 Å². The largest absolute Gasteiger partial charge is 0.480 e. The number of unbranched alkanes of at least 4 members (excludes halogenated alkanes) is 12. The van der Waals surface area contributed by atoms with Gasteiger partial charge < -0.3 is 138 Å². The second kappa shape index (κ2) is 65.8. The van der Waals surface area contributed by atoms with Crippen molar-refractivity contribution in [3.05, 3.63) is 0 Å². The van der Waals surface area contributed by atoms with Gasteiger partial charge in [0.2, 0.25) is 65.0 Å². The summed E-state index contributed by atoms with van der Waals surface area (Å²) in [6, 6.07) is -14.9. The Kier molecular flexibility index (Phi) is 61.6. The lowest BCUT2D eigenvalue weighted by molar-refractivity contribution is -0.142. The maximum absolute atomic E-state index is 14.8. The molecular weight excluding hydrogens is 1410 g/mol. The van der Waals surface area contributed by atoms with Crippen molar-refractivity contribution < 1.29 is 62.6 Å². The van der Waals surface area contributed by atoms with Gasteiger partial charge in [-0.1, -0.05) is 6.42 Å². The van der Waals surface area contributed by atoms with Crippen LogP contribution in [0.2, 0.25) is 0 Å². The zero-order valence-corrected chi connectivity index (χ0v) is 65.2. The zero-order chi connectivity index (χ0) is 81.6. The summed E-state index contributed by atoms with van der Waals surface area (Å²) < 4.78 is 0. The van der Waals surface area contributed by atoms with Crippen LogP contribution in [-0.2, 0) is 57.5 Å². The third-order valence-electron chi connectivity index (χ3n) is 18.7. The van der Waals surface area contributed by atoms with Crippen LogP contribution in [-0.4, -0.2) is 227 Å². The lowest BCUT2D eigenvalue weighted by Crippen LogP contribution is -2.60. The highest BCUT2D eigenvalue weighted by molar-refractivity contribution is 5.99. The third-order valence-corrected chi connectivity index (χ3v) is 18.7. The summed E-state index contributed by atoms with van der Waals surface area (Å²) in [5.74, 6) is -9.37. The predicted molar refractivity (Wildman–Crippen MR) is 422 cm³/mol. The van der Waals surface area contributed by atoms with E-state index in [-0.39, 0.29) is 130 Å². The van der Waals surface area contributed by atoms with Gasteiger partial charge in [-0.05, 0) is 303 Å². The van der Waals surface area contributed by atoms with Crippen molar-refractivity contribution in [1.82, 2.24) is 58.5 Å². The maximum Gasteiger partial charge on any atom is 0.326 e. The molecular formula is C72H146N24O13. The Balaban J connectivity index is 7.40. The maximum atomic E-state index is 14.8.